The first-order valence-corrected chi connectivity index (χ1v) is 6.28. The number of fused-ring (bicyclic) bond motifs is 1. The molecule has 0 aromatic rings. The molecule has 0 amide bonds. The third-order valence-corrected chi connectivity index (χ3v) is 5.48. The number of rotatable bonds is 0. The topological polar surface area (TPSA) is 6.48 Å². The lowest BCUT2D eigenvalue weighted by atomic mass is 9.81. The van der Waals surface area contributed by atoms with Crippen LogP contribution in [0.15, 0.2) is 23.0 Å². The van der Waals surface area contributed by atoms with Crippen LogP contribution in [0.4, 0.5) is 0 Å². The van der Waals surface area contributed by atoms with Crippen LogP contribution in [0.3, 0.4) is 0 Å². The van der Waals surface area contributed by atoms with Crippen molar-refractivity contribution in [3.05, 3.63) is 23.0 Å². The van der Waals surface area contributed by atoms with Crippen LogP contribution in [-0.2, 0) is 0 Å². The van der Waals surface area contributed by atoms with Crippen molar-refractivity contribution in [2.75, 3.05) is 14.1 Å². The molecule has 2 bridgehead atoms. The summed E-state index contributed by atoms with van der Waals surface area (Å²) in [6.07, 6.45) is 6.31. The fourth-order valence-corrected chi connectivity index (χ4v) is 4.07. The Bertz CT molecular complexity index is 420. The molecule has 0 radical (unpaired) electrons. The summed E-state index contributed by atoms with van der Waals surface area (Å²) < 4.78 is 0. The minimum absolute atomic E-state index is 0.329. The summed E-state index contributed by atoms with van der Waals surface area (Å²) in [6, 6.07) is 0. The quantitative estimate of drug-likeness (QED) is 0.617. The summed E-state index contributed by atoms with van der Waals surface area (Å²) in [4.78, 5) is 5.03. The molecular weight excluding hydrogens is 196 g/mol. The van der Waals surface area contributed by atoms with E-state index in [9.17, 15) is 0 Å². The van der Waals surface area contributed by atoms with Crippen LogP contribution >= 0.6 is 0 Å². The molecule has 16 heavy (non-hydrogen) atoms. The molecule has 2 atom stereocenters. The first-order valence-electron chi connectivity index (χ1n) is 6.28. The Kier molecular flexibility index (Phi) is 1.71. The zero-order valence-corrected chi connectivity index (χ0v) is 11.1. The number of hydrogen-bond donors (Lipinski definition) is 0. The van der Waals surface area contributed by atoms with Gasteiger partial charge < -0.3 is 9.80 Å². The molecule has 0 saturated heterocycles. The molecule has 2 heteroatoms. The van der Waals surface area contributed by atoms with E-state index < -0.39 is 0 Å². The maximum absolute atomic E-state index is 2.52. The molecule has 2 aliphatic heterocycles. The molecule has 88 valence electrons. The summed E-state index contributed by atoms with van der Waals surface area (Å²) in [7, 11) is 4.53. The van der Waals surface area contributed by atoms with E-state index in [4.69, 9.17) is 0 Å². The van der Waals surface area contributed by atoms with Gasteiger partial charge in [0.25, 0.3) is 0 Å². The van der Waals surface area contributed by atoms with Gasteiger partial charge in [-0.15, -0.1) is 0 Å². The van der Waals surface area contributed by atoms with Gasteiger partial charge in [-0.2, -0.15) is 0 Å². The van der Waals surface area contributed by atoms with Gasteiger partial charge in [0.1, 0.15) is 0 Å². The highest BCUT2D eigenvalue weighted by molar-refractivity contribution is 5.48. The van der Waals surface area contributed by atoms with E-state index in [1.165, 1.54) is 30.7 Å². The van der Waals surface area contributed by atoms with Crippen molar-refractivity contribution in [1.82, 2.24) is 9.80 Å². The monoisotopic (exact) mass is 218 g/mol. The Hall–Kier alpha value is -0.920. The van der Waals surface area contributed by atoms with Crippen LogP contribution in [0.1, 0.15) is 40.0 Å². The normalized spacial score (nSPS) is 41.7. The standard InChI is InChI=1S/C14H22N2/c1-10-8-12-11(2)16(5)13(3)6-7-14(12,9-13)15(10)4/h8H,6-7,9H2,1-5H3/t13-,14-/m0/s1. The maximum Gasteiger partial charge on any atom is 0.0687 e. The molecule has 1 saturated carbocycles. The van der Waals surface area contributed by atoms with E-state index >= 15 is 0 Å². The van der Waals surface area contributed by atoms with Gasteiger partial charge in [-0.25, -0.2) is 0 Å². The molecule has 1 aliphatic carbocycles. The van der Waals surface area contributed by atoms with Crippen molar-refractivity contribution in [2.45, 2.75) is 51.1 Å². The predicted octanol–water partition coefficient (Wildman–Crippen LogP) is 2.74. The largest absolute Gasteiger partial charge is 0.372 e. The van der Waals surface area contributed by atoms with Gasteiger partial charge in [0.15, 0.2) is 0 Å². The molecule has 0 N–H and O–H groups in total. The molecule has 1 spiro atoms. The summed E-state index contributed by atoms with van der Waals surface area (Å²) in [5.74, 6) is 0. The van der Waals surface area contributed by atoms with E-state index in [-0.39, 0.29) is 0 Å². The van der Waals surface area contributed by atoms with Gasteiger partial charge in [-0.05, 0) is 51.7 Å². The fourth-order valence-electron chi connectivity index (χ4n) is 4.07. The van der Waals surface area contributed by atoms with E-state index in [1.54, 1.807) is 5.57 Å². The van der Waals surface area contributed by atoms with Gasteiger partial charge in [-0.1, -0.05) is 0 Å². The lowest BCUT2D eigenvalue weighted by molar-refractivity contribution is 0.127. The van der Waals surface area contributed by atoms with E-state index in [0.717, 1.165) is 0 Å². The zero-order chi connectivity index (χ0) is 11.7. The van der Waals surface area contributed by atoms with Crippen molar-refractivity contribution >= 4 is 0 Å². The SMILES string of the molecule is CC1=CC2=C(C)N(C)[C@@]3(C)CC[C@@]2(C3)N1C. The highest BCUT2D eigenvalue weighted by Crippen LogP contribution is 2.57. The van der Waals surface area contributed by atoms with Crippen molar-refractivity contribution in [2.24, 2.45) is 0 Å². The van der Waals surface area contributed by atoms with Crippen LogP contribution in [-0.4, -0.2) is 35.0 Å². The molecule has 2 nitrogen and oxygen atoms in total. The average Bonchev–Trinajstić information content (AvgIpc) is 2.70. The van der Waals surface area contributed by atoms with E-state index in [2.05, 4.69) is 50.7 Å². The maximum atomic E-state index is 2.52. The van der Waals surface area contributed by atoms with Crippen LogP contribution in [0.25, 0.3) is 0 Å². The lowest BCUT2D eigenvalue weighted by Crippen LogP contribution is -2.51. The highest BCUT2D eigenvalue weighted by atomic mass is 15.3. The number of allylic oxidation sites excluding steroid dienone is 2. The third-order valence-electron chi connectivity index (χ3n) is 5.48. The number of nitrogens with zero attached hydrogens (tertiary/aromatic N) is 2. The van der Waals surface area contributed by atoms with Crippen molar-refractivity contribution < 1.29 is 0 Å². The van der Waals surface area contributed by atoms with Crippen LogP contribution in [0, 0.1) is 0 Å². The third kappa shape index (κ3) is 0.899. The molecule has 0 aromatic heterocycles. The Morgan fingerprint density at radius 2 is 1.81 bits per heavy atom. The first kappa shape index (κ1) is 10.2. The van der Waals surface area contributed by atoms with Gasteiger partial charge in [0.2, 0.25) is 0 Å². The summed E-state index contributed by atoms with van der Waals surface area (Å²) in [5.41, 5.74) is 5.18. The second-order valence-corrected chi connectivity index (χ2v) is 6.11. The van der Waals surface area contributed by atoms with Gasteiger partial charge in [0.05, 0.1) is 5.54 Å². The van der Waals surface area contributed by atoms with Crippen LogP contribution in [0.2, 0.25) is 0 Å². The summed E-state index contributed by atoms with van der Waals surface area (Å²) in [6.45, 7) is 6.95. The van der Waals surface area contributed by atoms with Crippen molar-refractivity contribution in [1.29, 1.82) is 0 Å². The molecular formula is C14H22N2. The first-order chi connectivity index (χ1) is 7.41. The zero-order valence-electron chi connectivity index (χ0n) is 11.1. The second kappa shape index (κ2) is 2.66. The Balaban J connectivity index is 2.21. The van der Waals surface area contributed by atoms with E-state index in [1.807, 2.05) is 0 Å². The molecule has 3 aliphatic rings. The van der Waals surface area contributed by atoms with Crippen molar-refractivity contribution in [3.63, 3.8) is 0 Å². The molecule has 0 aromatic carbocycles. The lowest BCUT2D eigenvalue weighted by Gasteiger charge is -2.48. The van der Waals surface area contributed by atoms with E-state index in [0.29, 0.717) is 11.1 Å². The average molecular weight is 218 g/mol. The Morgan fingerprint density at radius 1 is 1.12 bits per heavy atom. The molecule has 3 rings (SSSR count). The minimum Gasteiger partial charge on any atom is -0.372 e. The number of likely N-dealkylation sites (N-methyl/N-ethyl adjacent to an activating group) is 1. The highest BCUT2D eigenvalue weighted by Gasteiger charge is 2.57. The summed E-state index contributed by atoms with van der Waals surface area (Å²) in [5, 5.41) is 0. The van der Waals surface area contributed by atoms with Crippen molar-refractivity contribution in [3.8, 4) is 0 Å². The smallest absolute Gasteiger partial charge is 0.0687 e. The van der Waals surface area contributed by atoms with Gasteiger partial charge >= 0.3 is 0 Å². The Morgan fingerprint density at radius 3 is 2.50 bits per heavy atom. The predicted molar refractivity (Wildman–Crippen MR) is 67.0 cm³/mol. The van der Waals surface area contributed by atoms with Gasteiger partial charge in [-0.3, -0.25) is 0 Å². The fraction of sp³-hybridized carbons (Fsp3) is 0.714. The molecule has 1 fully saturated rings. The van der Waals surface area contributed by atoms with Crippen LogP contribution < -0.4 is 0 Å². The number of hydrogen-bond acceptors (Lipinski definition) is 2. The molecule has 0 unspecified atom stereocenters. The summed E-state index contributed by atoms with van der Waals surface area (Å²) >= 11 is 0. The Labute approximate surface area is 98.6 Å². The molecule has 2 heterocycles. The minimum atomic E-state index is 0.329. The van der Waals surface area contributed by atoms with Crippen LogP contribution in [0.5, 0.6) is 0 Å². The second-order valence-electron chi connectivity index (χ2n) is 6.11. The van der Waals surface area contributed by atoms with Gasteiger partial charge in [0, 0.05) is 31.0 Å².